The van der Waals surface area contributed by atoms with Gasteiger partial charge in [-0.1, -0.05) is 36.4 Å². The Morgan fingerprint density at radius 3 is 2.77 bits per heavy atom. The smallest absolute Gasteiger partial charge is 0.320 e. The average Bonchev–Trinajstić information content (AvgIpc) is 3.34. The lowest BCUT2D eigenvalue weighted by molar-refractivity contribution is 0.251. The number of hydrogen-bond donors (Lipinski definition) is 2. The third-order valence-electron chi connectivity index (χ3n) is 4.61. The highest BCUT2D eigenvalue weighted by atomic mass is 16.2. The molecular weight excluding hydrogens is 326 g/mol. The van der Waals surface area contributed by atoms with Crippen LogP contribution in [-0.4, -0.2) is 27.3 Å². The van der Waals surface area contributed by atoms with E-state index in [9.17, 15) is 4.79 Å². The number of amides is 2. The monoisotopic (exact) mass is 347 g/mol. The molecular formula is C20H21N5O. The molecule has 2 heterocycles. The molecule has 0 saturated heterocycles. The Bertz CT molecular complexity index is 862. The zero-order valence-corrected chi connectivity index (χ0v) is 14.4. The molecule has 2 amide bonds. The molecule has 0 radical (unpaired) electrons. The molecule has 1 saturated carbocycles. The van der Waals surface area contributed by atoms with Crippen LogP contribution in [0.3, 0.4) is 0 Å². The van der Waals surface area contributed by atoms with E-state index >= 15 is 0 Å². The number of rotatable bonds is 6. The highest BCUT2D eigenvalue weighted by molar-refractivity contribution is 5.88. The van der Waals surface area contributed by atoms with Crippen LogP contribution in [0.4, 0.5) is 10.6 Å². The highest BCUT2D eigenvalue weighted by Crippen LogP contribution is 2.46. The van der Waals surface area contributed by atoms with Gasteiger partial charge in [0.05, 0.1) is 12.2 Å². The third-order valence-corrected chi connectivity index (χ3v) is 4.61. The number of urea groups is 1. The van der Waals surface area contributed by atoms with Gasteiger partial charge >= 0.3 is 6.03 Å². The number of hydrogen-bond acceptors (Lipinski definition) is 3. The van der Waals surface area contributed by atoms with Gasteiger partial charge in [0, 0.05) is 25.0 Å². The van der Waals surface area contributed by atoms with Crippen LogP contribution in [0.2, 0.25) is 0 Å². The van der Waals surface area contributed by atoms with E-state index in [1.54, 1.807) is 16.9 Å². The number of nitrogens with one attached hydrogen (secondary N) is 2. The van der Waals surface area contributed by atoms with E-state index in [-0.39, 0.29) is 6.03 Å². The van der Waals surface area contributed by atoms with Crippen LogP contribution >= 0.6 is 0 Å². The molecule has 2 N–H and O–H groups in total. The van der Waals surface area contributed by atoms with Crippen LogP contribution in [0.1, 0.15) is 23.6 Å². The summed E-state index contributed by atoms with van der Waals surface area (Å²) < 4.78 is 1.75. The van der Waals surface area contributed by atoms with Gasteiger partial charge in [0.2, 0.25) is 0 Å². The van der Waals surface area contributed by atoms with E-state index in [2.05, 4.69) is 45.0 Å². The highest BCUT2D eigenvalue weighted by Gasteiger charge is 2.38. The third kappa shape index (κ3) is 4.08. The topological polar surface area (TPSA) is 71.8 Å². The van der Waals surface area contributed by atoms with E-state index < -0.39 is 0 Å². The number of nitrogens with zero attached hydrogens (tertiary/aromatic N) is 3. The lowest BCUT2D eigenvalue weighted by Gasteiger charge is -2.06. The zero-order chi connectivity index (χ0) is 17.8. The van der Waals surface area contributed by atoms with Crippen LogP contribution < -0.4 is 10.6 Å². The van der Waals surface area contributed by atoms with Crippen molar-refractivity contribution in [3.63, 3.8) is 0 Å². The molecule has 1 fully saturated rings. The van der Waals surface area contributed by atoms with E-state index in [0.29, 0.717) is 30.7 Å². The van der Waals surface area contributed by atoms with Crippen LogP contribution in [0, 0.1) is 5.92 Å². The van der Waals surface area contributed by atoms with Gasteiger partial charge in [-0.25, -0.2) is 4.79 Å². The van der Waals surface area contributed by atoms with Gasteiger partial charge in [-0.05, 0) is 36.0 Å². The second-order valence-corrected chi connectivity index (χ2v) is 6.57. The Morgan fingerprint density at radius 2 is 1.96 bits per heavy atom. The average molecular weight is 347 g/mol. The summed E-state index contributed by atoms with van der Waals surface area (Å²) in [6.07, 6.45) is 4.71. The molecule has 132 valence electrons. The van der Waals surface area contributed by atoms with Crippen LogP contribution in [-0.2, 0) is 6.54 Å². The van der Waals surface area contributed by atoms with Crippen LogP contribution in [0.5, 0.6) is 0 Å². The summed E-state index contributed by atoms with van der Waals surface area (Å²) in [5.41, 5.74) is 2.28. The minimum atomic E-state index is -0.216. The van der Waals surface area contributed by atoms with Gasteiger partial charge < -0.3 is 5.32 Å². The number of anilines is 1. The predicted molar refractivity (Wildman–Crippen MR) is 99.9 cm³/mol. The first-order valence-corrected chi connectivity index (χ1v) is 8.81. The molecule has 2 aromatic heterocycles. The van der Waals surface area contributed by atoms with Gasteiger partial charge in [-0.15, -0.1) is 0 Å². The molecule has 1 aliphatic rings. The summed E-state index contributed by atoms with van der Waals surface area (Å²) in [5, 5.41) is 10.1. The minimum Gasteiger partial charge on any atom is -0.338 e. The number of carbonyl (C=O) groups excluding carboxylic acids is 1. The molecule has 6 heteroatoms. The van der Waals surface area contributed by atoms with Crippen molar-refractivity contribution in [2.75, 3.05) is 11.9 Å². The first-order chi connectivity index (χ1) is 12.8. The number of pyridine rings is 1. The van der Waals surface area contributed by atoms with Gasteiger partial charge in [0.15, 0.2) is 5.82 Å². The largest absolute Gasteiger partial charge is 0.338 e. The van der Waals surface area contributed by atoms with Crippen molar-refractivity contribution >= 4 is 11.8 Å². The minimum absolute atomic E-state index is 0.216. The fraction of sp³-hybridized carbons (Fsp3) is 0.250. The van der Waals surface area contributed by atoms with Crippen molar-refractivity contribution < 1.29 is 4.79 Å². The zero-order valence-electron chi connectivity index (χ0n) is 14.4. The molecule has 0 aliphatic heterocycles. The Kier molecular flexibility index (Phi) is 4.64. The summed E-state index contributed by atoms with van der Waals surface area (Å²) in [4.78, 5) is 16.3. The fourth-order valence-corrected chi connectivity index (χ4v) is 3.14. The number of carbonyl (C=O) groups is 1. The number of aromatic nitrogens is 3. The summed E-state index contributed by atoms with van der Waals surface area (Å²) in [6, 6.07) is 17.8. The Balaban J connectivity index is 1.23. The van der Waals surface area contributed by atoms with E-state index in [4.69, 9.17) is 0 Å². The molecule has 1 aromatic carbocycles. The Labute approximate surface area is 152 Å². The Hall–Kier alpha value is -3.15. The predicted octanol–water partition coefficient (Wildman–Crippen LogP) is 3.25. The Morgan fingerprint density at radius 1 is 1.12 bits per heavy atom. The molecule has 4 rings (SSSR count). The SMILES string of the molecule is O=C(NC[C@@H]1C[C@@H]1c1ccccc1)Nc1ccn(Cc2ccccn2)n1. The van der Waals surface area contributed by atoms with Crippen molar-refractivity contribution in [2.45, 2.75) is 18.9 Å². The first kappa shape index (κ1) is 16.3. The van der Waals surface area contributed by atoms with E-state index in [0.717, 1.165) is 12.1 Å². The van der Waals surface area contributed by atoms with Crippen molar-refractivity contribution in [3.8, 4) is 0 Å². The quantitative estimate of drug-likeness (QED) is 0.719. The van der Waals surface area contributed by atoms with Crippen molar-refractivity contribution in [3.05, 3.63) is 78.2 Å². The second-order valence-electron chi connectivity index (χ2n) is 6.57. The standard InChI is InChI=1S/C20H21N5O/c26-20(22-13-16-12-18(16)15-6-2-1-3-7-15)23-19-9-11-25(24-19)14-17-8-4-5-10-21-17/h1-11,16,18H,12-14H2,(H2,22,23,24,26)/t16-,18+/m0/s1. The van der Waals surface area contributed by atoms with E-state index in [1.165, 1.54) is 5.56 Å². The molecule has 1 aliphatic carbocycles. The van der Waals surface area contributed by atoms with E-state index in [1.807, 2.05) is 30.5 Å². The van der Waals surface area contributed by atoms with Crippen molar-refractivity contribution in [1.29, 1.82) is 0 Å². The maximum atomic E-state index is 12.1. The molecule has 0 spiro atoms. The summed E-state index contributed by atoms with van der Waals surface area (Å²) >= 11 is 0. The molecule has 0 unspecified atom stereocenters. The van der Waals surface area contributed by atoms with Gasteiger partial charge in [0.25, 0.3) is 0 Å². The molecule has 2 atom stereocenters. The molecule has 6 nitrogen and oxygen atoms in total. The van der Waals surface area contributed by atoms with Crippen LogP contribution in [0.25, 0.3) is 0 Å². The summed E-state index contributed by atoms with van der Waals surface area (Å²) in [6.45, 7) is 1.25. The molecule has 26 heavy (non-hydrogen) atoms. The summed E-state index contributed by atoms with van der Waals surface area (Å²) in [5.74, 6) is 1.62. The normalized spacial score (nSPS) is 18.3. The lowest BCUT2D eigenvalue weighted by atomic mass is 10.1. The summed E-state index contributed by atoms with van der Waals surface area (Å²) in [7, 11) is 0. The fourth-order valence-electron chi connectivity index (χ4n) is 3.14. The first-order valence-electron chi connectivity index (χ1n) is 8.81. The van der Waals surface area contributed by atoms with Crippen molar-refractivity contribution in [1.82, 2.24) is 20.1 Å². The van der Waals surface area contributed by atoms with Gasteiger partial charge in [-0.2, -0.15) is 5.10 Å². The van der Waals surface area contributed by atoms with Crippen molar-refractivity contribution in [2.24, 2.45) is 5.92 Å². The van der Waals surface area contributed by atoms with Gasteiger partial charge in [-0.3, -0.25) is 15.0 Å². The van der Waals surface area contributed by atoms with Gasteiger partial charge in [0.1, 0.15) is 0 Å². The molecule has 3 aromatic rings. The second kappa shape index (κ2) is 7.39. The lowest BCUT2D eigenvalue weighted by Crippen LogP contribution is -2.30. The maximum Gasteiger partial charge on any atom is 0.320 e. The number of benzene rings is 1. The maximum absolute atomic E-state index is 12.1. The van der Waals surface area contributed by atoms with Crippen LogP contribution in [0.15, 0.2) is 67.0 Å². The molecule has 0 bridgehead atoms.